The Morgan fingerprint density at radius 1 is 1.47 bits per heavy atom. The third-order valence-corrected chi connectivity index (χ3v) is 2.12. The number of ether oxygens (including phenoxy) is 1. The van der Waals surface area contributed by atoms with Gasteiger partial charge in [-0.25, -0.2) is 9.18 Å². The molecule has 1 aromatic rings. The molecular formula is C13H14FNO4. The first-order chi connectivity index (χ1) is 9.02. The van der Waals surface area contributed by atoms with Gasteiger partial charge in [0.2, 0.25) is 5.91 Å². The van der Waals surface area contributed by atoms with Crippen LogP contribution in [0.3, 0.4) is 0 Å². The van der Waals surface area contributed by atoms with E-state index in [0.29, 0.717) is 12.2 Å². The van der Waals surface area contributed by atoms with Gasteiger partial charge in [0.25, 0.3) is 0 Å². The van der Waals surface area contributed by atoms with Crippen LogP contribution < -0.4 is 5.32 Å². The van der Waals surface area contributed by atoms with Crippen molar-refractivity contribution in [1.82, 2.24) is 0 Å². The molecule has 0 unspecified atom stereocenters. The minimum atomic E-state index is -1.12. The predicted octanol–water partition coefficient (Wildman–Crippen LogP) is 1.90. The molecule has 6 heteroatoms. The summed E-state index contributed by atoms with van der Waals surface area (Å²) >= 11 is 0. The summed E-state index contributed by atoms with van der Waals surface area (Å²) in [5, 5.41) is 10.8. The fourth-order valence-electron chi connectivity index (χ4n) is 1.28. The quantitative estimate of drug-likeness (QED) is 0.772. The molecule has 5 nitrogen and oxygen atoms in total. The van der Waals surface area contributed by atoms with Gasteiger partial charge in [0, 0.05) is 12.7 Å². The molecule has 19 heavy (non-hydrogen) atoms. The van der Waals surface area contributed by atoms with E-state index in [1.807, 2.05) is 0 Å². The Kier molecular flexibility index (Phi) is 5.69. The summed E-state index contributed by atoms with van der Waals surface area (Å²) in [6.07, 6.45) is 2.17. The van der Waals surface area contributed by atoms with Gasteiger partial charge in [-0.1, -0.05) is 6.07 Å². The maximum Gasteiger partial charge on any atom is 0.328 e. The van der Waals surface area contributed by atoms with E-state index < -0.39 is 17.7 Å². The smallest absolute Gasteiger partial charge is 0.328 e. The lowest BCUT2D eigenvalue weighted by molar-refractivity contribution is -0.131. The highest BCUT2D eigenvalue weighted by molar-refractivity contribution is 5.92. The molecule has 0 bridgehead atoms. The van der Waals surface area contributed by atoms with E-state index >= 15 is 0 Å². The average molecular weight is 267 g/mol. The van der Waals surface area contributed by atoms with Crippen molar-refractivity contribution in [2.45, 2.75) is 6.92 Å². The molecule has 0 spiro atoms. The summed E-state index contributed by atoms with van der Waals surface area (Å²) in [6.45, 7) is 2.00. The zero-order chi connectivity index (χ0) is 14.3. The SMILES string of the molecule is CCOCC(=O)Nc1ccc(C=CC(=O)O)cc1F. The molecule has 0 atom stereocenters. The van der Waals surface area contributed by atoms with E-state index in [-0.39, 0.29) is 12.3 Å². The van der Waals surface area contributed by atoms with Gasteiger partial charge in [-0.2, -0.15) is 0 Å². The topological polar surface area (TPSA) is 75.6 Å². The van der Waals surface area contributed by atoms with Crippen LogP contribution in [-0.2, 0) is 14.3 Å². The number of halogens is 1. The standard InChI is InChI=1S/C13H14FNO4/c1-2-19-8-12(16)15-11-5-3-9(7-10(11)14)4-6-13(17)18/h3-7H,2,8H2,1H3,(H,15,16)(H,17,18). The molecule has 1 rings (SSSR count). The molecule has 0 aromatic heterocycles. The molecule has 0 aliphatic heterocycles. The van der Waals surface area contributed by atoms with Crippen LogP contribution in [0, 0.1) is 5.82 Å². The highest BCUT2D eigenvalue weighted by atomic mass is 19.1. The van der Waals surface area contributed by atoms with Gasteiger partial charge in [0.1, 0.15) is 12.4 Å². The van der Waals surface area contributed by atoms with Crippen LogP contribution in [-0.4, -0.2) is 30.2 Å². The summed E-state index contributed by atoms with van der Waals surface area (Å²) in [5.74, 6) is -2.21. The first-order valence-electron chi connectivity index (χ1n) is 5.61. The molecule has 0 saturated heterocycles. The van der Waals surface area contributed by atoms with E-state index in [2.05, 4.69) is 5.32 Å². The number of anilines is 1. The summed E-state index contributed by atoms with van der Waals surface area (Å²) in [4.78, 5) is 21.6. The predicted molar refractivity (Wildman–Crippen MR) is 68.2 cm³/mol. The van der Waals surface area contributed by atoms with E-state index in [4.69, 9.17) is 9.84 Å². The summed E-state index contributed by atoms with van der Waals surface area (Å²) in [5.41, 5.74) is 0.417. The zero-order valence-corrected chi connectivity index (χ0v) is 10.4. The second kappa shape index (κ2) is 7.27. The number of benzene rings is 1. The van der Waals surface area contributed by atoms with Gasteiger partial charge < -0.3 is 15.2 Å². The fourth-order valence-corrected chi connectivity index (χ4v) is 1.28. The van der Waals surface area contributed by atoms with Crippen molar-refractivity contribution < 1.29 is 23.8 Å². The lowest BCUT2D eigenvalue weighted by atomic mass is 10.2. The number of aliphatic carboxylic acids is 1. The van der Waals surface area contributed by atoms with Gasteiger partial charge >= 0.3 is 5.97 Å². The Bertz CT molecular complexity index is 499. The Hall–Kier alpha value is -2.21. The number of nitrogens with one attached hydrogen (secondary N) is 1. The largest absolute Gasteiger partial charge is 0.478 e. The van der Waals surface area contributed by atoms with Crippen molar-refractivity contribution in [2.75, 3.05) is 18.5 Å². The molecule has 1 amide bonds. The molecule has 102 valence electrons. The maximum absolute atomic E-state index is 13.6. The molecule has 0 heterocycles. The Morgan fingerprint density at radius 2 is 2.21 bits per heavy atom. The molecule has 0 fully saturated rings. The number of hydrogen-bond acceptors (Lipinski definition) is 3. The fraction of sp³-hybridized carbons (Fsp3) is 0.231. The monoisotopic (exact) mass is 267 g/mol. The van der Waals surface area contributed by atoms with Crippen LogP contribution >= 0.6 is 0 Å². The molecular weight excluding hydrogens is 253 g/mol. The third kappa shape index (κ3) is 5.31. The molecule has 1 aromatic carbocycles. The van der Waals surface area contributed by atoms with Crippen LogP contribution in [0.5, 0.6) is 0 Å². The molecule has 0 aliphatic carbocycles. The van der Waals surface area contributed by atoms with Crippen LogP contribution in [0.4, 0.5) is 10.1 Å². The third-order valence-electron chi connectivity index (χ3n) is 2.12. The number of carboxylic acids is 1. The second-order valence-corrected chi connectivity index (χ2v) is 3.60. The van der Waals surface area contributed by atoms with Crippen molar-refractivity contribution in [2.24, 2.45) is 0 Å². The number of amides is 1. The van der Waals surface area contributed by atoms with Crippen molar-refractivity contribution in [3.8, 4) is 0 Å². The van der Waals surface area contributed by atoms with Crippen molar-refractivity contribution in [3.63, 3.8) is 0 Å². The van der Waals surface area contributed by atoms with Gasteiger partial charge in [0.15, 0.2) is 0 Å². The van der Waals surface area contributed by atoms with Crippen molar-refractivity contribution in [3.05, 3.63) is 35.7 Å². The summed E-state index contributed by atoms with van der Waals surface area (Å²) in [6, 6.07) is 4.00. The van der Waals surface area contributed by atoms with Crippen LogP contribution in [0.2, 0.25) is 0 Å². The van der Waals surface area contributed by atoms with E-state index in [1.54, 1.807) is 6.92 Å². The zero-order valence-electron chi connectivity index (χ0n) is 10.4. The highest BCUT2D eigenvalue weighted by Crippen LogP contribution is 2.16. The van der Waals surface area contributed by atoms with E-state index in [1.165, 1.54) is 18.2 Å². The minimum Gasteiger partial charge on any atom is -0.478 e. The number of hydrogen-bond donors (Lipinski definition) is 2. The average Bonchev–Trinajstić information content (AvgIpc) is 2.36. The number of carboxylic acid groups (broad SMARTS) is 1. The van der Waals surface area contributed by atoms with Crippen LogP contribution in [0.15, 0.2) is 24.3 Å². The maximum atomic E-state index is 13.6. The number of carbonyl (C=O) groups excluding carboxylic acids is 1. The second-order valence-electron chi connectivity index (χ2n) is 3.60. The normalized spacial score (nSPS) is 10.6. The molecule has 2 N–H and O–H groups in total. The Balaban J connectivity index is 2.72. The van der Waals surface area contributed by atoms with Gasteiger partial charge in [0.05, 0.1) is 5.69 Å². The van der Waals surface area contributed by atoms with Gasteiger partial charge in [-0.15, -0.1) is 0 Å². The van der Waals surface area contributed by atoms with Crippen LogP contribution in [0.25, 0.3) is 6.08 Å². The molecule has 0 aliphatic rings. The van der Waals surface area contributed by atoms with Crippen molar-refractivity contribution >= 4 is 23.6 Å². The molecule has 0 radical (unpaired) electrons. The first-order valence-corrected chi connectivity index (χ1v) is 5.61. The van der Waals surface area contributed by atoms with Crippen LogP contribution in [0.1, 0.15) is 12.5 Å². The first kappa shape index (κ1) is 14.8. The number of rotatable bonds is 6. The lowest BCUT2D eigenvalue weighted by Crippen LogP contribution is -2.18. The van der Waals surface area contributed by atoms with Gasteiger partial charge in [-0.3, -0.25) is 4.79 Å². The number of carbonyl (C=O) groups is 2. The van der Waals surface area contributed by atoms with Gasteiger partial charge in [-0.05, 0) is 30.7 Å². The lowest BCUT2D eigenvalue weighted by Gasteiger charge is -2.07. The summed E-state index contributed by atoms with van der Waals surface area (Å²) in [7, 11) is 0. The minimum absolute atomic E-state index is 0.0252. The Morgan fingerprint density at radius 3 is 2.79 bits per heavy atom. The highest BCUT2D eigenvalue weighted by Gasteiger charge is 2.07. The van der Waals surface area contributed by atoms with Crippen molar-refractivity contribution in [1.29, 1.82) is 0 Å². The van der Waals surface area contributed by atoms with E-state index in [9.17, 15) is 14.0 Å². The Labute approximate surface area is 109 Å². The summed E-state index contributed by atoms with van der Waals surface area (Å²) < 4.78 is 18.5. The molecule has 0 saturated carbocycles. The van der Waals surface area contributed by atoms with E-state index in [0.717, 1.165) is 12.1 Å².